The fraction of sp³-hybridized carbons (Fsp3) is 1.00. The molecule has 1 saturated carbocycles. The Morgan fingerprint density at radius 1 is 1.00 bits per heavy atom. The zero-order chi connectivity index (χ0) is 11.2. The summed E-state index contributed by atoms with van der Waals surface area (Å²) in [6.07, 6.45) is 8.58. The highest BCUT2D eigenvalue weighted by molar-refractivity contribution is 4.82. The summed E-state index contributed by atoms with van der Waals surface area (Å²) in [7, 11) is 0. The first-order valence-electron chi connectivity index (χ1n) is 7.18. The molecule has 0 bridgehead atoms. The van der Waals surface area contributed by atoms with Crippen LogP contribution in [0.3, 0.4) is 0 Å². The van der Waals surface area contributed by atoms with E-state index >= 15 is 0 Å². The van der Waals surface area contributed by atoms with Crippen LogP contribution in [0.5, 0.6) is 0 Å². The fourth-order valence-corrected chi connectivity index (χ4v) is 3.13. The van der Waals surface area contributed by atoms with E-state index in [0.29, 0.717) is 0 Å². The summed E-state index contributed by atoms with van der Waals surface area (Å²) in [5, 5.41) is 0. The third-order valence-corrected chi connectivity index (χ3v) is 4.11. The minimum absolute atomic E-state index is 0.872. The van der Waals surface area contributed by atoms with Crippen molar-refractivity contribution in [2.75, 3.05) is 32.8 Å². The zero-order valence-electron chi connectivity index (χ0n) is 10.8. The van der Waals surface area contributed by atoms with E-state index in [1.165, 1.54) is 58.2 Å². The van der Waals surface area contributed by atoms with Gasteiger partial charge in [0.25, 0.3) is 0 Å². The minimum Gasteiger partial charge on any atom is -0.381 e. The summed E-state index contributed by atoms with van der Waals surface area (Å²) in [4.78, 5) is 2.70. The van der Waals surface area contributed by atoms with Crippen LogP contribution < -0.4 is 0 Å². The van der Waals surface area contributed by atoms with Crippen molar-refractivity contribution in [3.05, 3.63) is 0 Å². The molecule has 2 nitrogen and oxygen atoms in total. The first-order valence-corrected chi connectivity index (χ1v) is 7.18. The van der Waals surface area contributed by atoms with Gasteiger partial charge < -0.3 is 9.64 Å². The average Bonchev–Trinajstić information content (AvgIpc) is 2.49. The maximum atomic E-state index is 5.48. The van der Waals surface area contributed by atoms with Crippen LogP contribution in [0.2, 0.25) is 0 Å². The number of nitrogens with zero attached hydrogens (tertiary/aromatic N) is 1. The molecule has 0 aromatic carbocycles. The molecule has 0 radical (unpaired) electrons. The van der Waals surface area contributed by atoms with Gasteiger partial charge in [-0.05, 0) is 57.5 Å². The van der Waals surface area contributed by atoms with Crippen molar-refractivity contribution < 1.29 is 4.74 Å². The van der Waals surface area contributed by atoms with Crippen LogP contribution in [-0.4, -0.2) is 37.7 Å². The summed E-state index contributed by atoms with van der Waals surface area (Å²) in [6, 6.07) is 0. The Bertz CT molecular complexity index is 181. The van der Waals surface area contributed by atoms with Crippen molar-refractivity contribution in [2.24, 2.45) is 11.8 Å². The van der Waals surface area contributed by atoms with E-state index in [0.717, 1.165) is 25.0 Å². The molecule has 2 rings (SSSR count). The van der Waals surface area contributed by atoms with Crippen LogP contribution >= 0.6 is 0 Å². The molecule has 94 valence electrons. The number of hydrogen-bond acceptors (Lipinski definition) is 2. The molecular weight excluding hydrogens is 198 g/mol. The standard InChI is InChI=1S/C14H27NO/c1-2-16-12-14-9-13(10-14)11-15-7-5-3-4-6-8-15/h13-14H,2-12H2,1H3. The monoisotopic (exact) mass is 225 g/mol. The van der Waals surface area contributed by atoms with Crippen LogP contribution in [0.1, 0.15) is 45.4 Å². The van der Waals surface area contributed by atoms with E-state index in [-0.39, 0.29) is 0 Å². The molecule has 1 saturated heterocycles. The lowest BCUT2D eigenvalue weighted by Gasteiger charge is -2.38. The van der Waals surface area contributed by atoms with Crippen LogP contribution in [0.15, 0.2) is 0 Å². The van der Waals surface area contributed by atoms with E-state index in [4.69, 9.17) is 4.74 Å². The summed E-state index contributed by atoms with van der Waals surface area (Å²) >= 11 is 0. The third kappa shape index (κ3) is 3.74. The number of likely N-dealkylation sites (tertiary alicyclic amines) is 1. The van der Waals surface area contributed by atoms with Gasteiger partial charge in [0.1, 0.15) is 0 Å². The van der Waals surface area contributed by atoms with Gasteiger partial charge in [0.2, 0.25) is 0 Å². The lowest BCUT2D eigenvalue weighted by molar-refractivity contribution is 0.0365. The van der Waals surface area contributed by atoms with Gasteiger partial charge in [-0.2, -0.15) is 0 Å². The molecule has 0 aromatic heterocycles. The Hall–Kier alpha value is -0.0800. The van der Waals surface area contributed by atoms with Gasteiger partial charge in [-0.25, -0.2) is 0 Å². The van der Waals surface area contributed by atoms with Crippen molar-refractivity contribution in [1.29, 1.82) is 0 Å². The first-order chi connectivity index (χ1) is 7.88. The maximum Gasteiger partial charge on any atom is 0.0494 e. The van der Waals surface area contributed by atoms with Gasteiger partial charge in [-0.3, -0.25) is 0 Å². The molecule has 0 unspecified atom stereocenters. The Labute approximate surface area is 100 Å². The van der Waals surface area contributed by atoms with Crippen molar-refractivity contribution >= 4 is 0 Å². The maximum absolute atomic E-state index is 5.48. The first kappa shape index (κ1) is 12.4. The van der Waals surface area contributed by atoms with Gasteiger partial charge >= 0.3 is 0 Å². The third-order valence-electron chi connectivity index (χ3n) is 4.11. The lowest BCUT2D eigenvalue weighted by atomic mass is 9.75. The molecule has 0 amide bonds. The quantitative estimate of drug-likeness (QED) is 0.713. The van der Waals surface area contributed by atoms with Gasteiger partial charge in [-0.15, -0.1) is 0 Å². The molecule has 1 heterocycles. The molecule has 2 aliphatic rings. The van der Waals surface area contributed by atoms with Crippen LogP contribution in [0, 0.1) is 11.8 Å². The molecule has 0 N–H and O–H groups in total. The molecule has 0 spiro atoms. The predicted molar refractivity (Wildman–Crippen MR) is 67.6 cm³/mol. The molecule has 0 atom stereocenters. The highest BCUT2D eigenvalue weighted by Gasteiger charge is 2.30. The van der Waals surface area contributed by atoms with E-state index in [1.54, 1.807) is 0 Å². The van der Waals surface area contributed by atoms with Crippen molar-refractivity contribution in [1.82, 2.24) is 4.90 Å². The van der Waals surface area contributed by atoms with E-state index < -0.39 is 0 Å². The number of hydrogen-bond donors (Lipinski definition) is 0. The van der Waals surface area contributed by atoms with E-state index in [9.17, 15) is 0 Å². The molecule has 1 aliphatic heterocycles. The number of ether oxygens (including phenoxy) is 1. The van der Waals surface area contributed by atoms with Crippen molar-refractivity contribution in [2.45, 2.75) is 45.4 Å². The van der Waals surface area contributed by atoms with Crippen LogP contribution in [0.4, 0.5) is 0 Å². The topological polar surface area (TPSA) is 12.5 Å². The second kappa shape index (κ2) is 6.61. The van der Waals surface area contributed by atoms with Gasteiger partial charge in [-0.1, -0.05) is 12.8 Å². The van der Waals surface area contributed by atoms with Gasteiger partial charge in [0.15, 0.2) is 0 Å². The van der Waals surface area contributed by atoms with E-state index in [2.05, 4.69) is 11.8 Å². The van der Waals surface area contributed by atoms with Crippen LogP contribution in [0.25, 0.3) is 0 Å². The lowest BCUT2D eigenvalue weighted by Crippen LogP contribution is -2.38. The average molecular weight is 225 g/mol. The highest BCUT2D eigenvalue weighted by atomic mass is 16.5. The van der Waals surface area contributed by atoms with E-state index in [1.807, 2.05) is 0 Å². The Balaban J connectivity index is 1.57. The molecular formula is C14H27NO. The predicted octanol–water partition coefficient (Wildman–Crippen LogP) is 2.93. The van der Waals surface area contributed by atoms with Crippen molar-refractivity contribution in [3.8, 4) is 0 Å². The Kier molecular flexibility index (Phi) is 5.11. The molecule has 16 heavy (non-hydrogen) atoms. The Morgan fingerprint density at radius 2 is 1.69 bits per heavy atom. The van der Waals surface area contributed by atoms with Gasteiger partial charge in [0.05, 0.1) is 0 Å². The zero-order valence-corrected chi connectivity index (χ0v) is 10.8. The van der Waals surface area contributed by atoms with Crippen molar-refractivity contribution in [3.63, 3.8) is 0 Å². The summed E-state index contributed by atoms with van der Waals surface area (Å²) in [5.41, 5.74) is 0. The second-order valence-corrected chi connectivity index (χ2v) is 5.58. The highest BCUT2D eigenvalue weighted by Crippen LogP contribution is 2.34. The normalized spacial score (nSPS) is 32.1. The summed E-state index contributed by atoms with van der Waals surface area (Å²) < 4.78 is 5.48. The molecule has 2 fully saturated rings. The second-order valence-electron chi connectivity index (χ2n) is 5.58. The summed E-state index contributed by atoms with van der Waals surface area (Å²) in [6.45, 7) is 8.05. The van der Waals surface area contributed by atoms with Crippen LogP contribution in [-0.2, 0) is 4.74 Å². The molecule has 0 aromatic rings. The Morgan fingerprint density at radius 3 is 2.31 bits per heavy atom. The summed E-state index contributed by atoms with van der Waals surface area (Å²) in [5.74, 6) is 1.85. The smallest absolute Gasteiger partial charge is 0.0494 e. The number of rotatable bonds is 5. The fourth-order valence-electron chi connectivity index (χ4n) is 3.13. The van der Waals surface area contributed by atoms with Gasteiger partial charge in [0, 0.05) is 19.8 Å². The SMILES string of the molecule is CCOCC1CC(CN2CCCCCC2)C1. The minimum atomic E-state index is 0.872. The largest absolute Gasteiger partial charge is 0.381 e. The molecule has 1 aliphatic carbocycles. The molecule has 2 heteroatoms.